The zero-order chi connectivity index (χ0) is 24.8. The van der Waals surface area contributed by atoms with E-state index in [9.17, 15) is 18.8 Å². The molecular weight excluding hydrogens is 453 g/mol. The Bertz CT molecular complexity index is 1270. The number of amides is 2. The van der Waals surface area contributed by atoms with Crippen molar-refractivity contribution in [3.8, 4) is 11.1 Å². The third kappa shape index (κ3) is 5.86. The van der Waals surface area contributed by atoms with Gasteiger partial charge in [0.05, 0.1) is 25.0 Å². The smallest absolute Gasteiger partial charge is 0.323 e. The maximum Gasteiger partial charge on any atom is 0.323 e. The van der Waals surface area contributed by atoms with Crippen molar-refractivity contribution in [2.75, 3.05) is 23.8 Å². The Hall–Kier alpha value is -4.15. The van der Waals surface area contributed by atoms with Crippen LogP contribution in [0.2, 0.25) is 0 Å². The molecule has 0 spiro atoms. The summed E-state index contributed by atoms with van der Waals surface area (Å²) in [5.41, 5.74) is 9.03. The summed E-state index contributed by atoms with van der Waals surface area (Å²) >= 11 is 0. The number of hydrogen-bond donors (Lipinski definition) is 4. The highest BCUT2D eigenvalue weighted by Crippen LogP contribution is 2.28. The second kappa shape index (κ2) is 10.9. The molecule has 0 unspecified atom stereocenters. The quantitative estimate of drug-likeness (QED) is 0.366. The average Bonchev–Trinajstić information content (AvgIpc) is 3.28. The van der Waals surface area contributed by atoms with E-state index in [0.29, 0.717) is 29.8 Å². The monoisotopic (exact) mass is 477 g/mol. The molecule has 5 N–H and O–H groups in total. The fourth-order valence-electron chi connectivity index (χ4n) is 3.70. The van der Waals surface area contributed by atoms with E-state index >= 15 is 0 Å². The first-order valence-electron chi connectivity index (χ1n) is 11.0. The minimum Gasteiger partial charge on any atom is -0.464 e. The average molecular weight is 477 g/mol. The second-order valence-electron chi connectivity index (χ2n) is 7.90. The zero-order valence-electron chi connectivity index (χ0n) is 18.7. The maximum absolute atomic E-state index is 13.9. The summed E-state index contributed by atoms with van der Waals surface area (Å²) in [6.45, 7) is 0.533. The molecule has 2 heterocycles. The van der Waals surface area contributed by atoms with Crippen LogP contribution in [-0.4, -0.2) is 42.0 Å². The van der Waals surface area contributed by atoms with Gasteiger partial charge in [0.25, 0.3) is 5.91 Å². The molecule has 1 aromatic heterocycles. The second-order valence-corrected chi connectivity index (χ2v) is 7.90. The van der Waals surface area contributed by atoms with Gasteiger partial charge in [-0.3, -0.25) is 24.7 Å². The minimum absolute atomic E-state index is 0.0265. The predicted molar refractivity (Wildman–Crippen MR) is 128 cm³/mol. The first-order chi connectivity index (χ1) is 16.9. The topological polar surface area (TPSA) is 135 Å². The Balaban J connectivity index is 1.50. The van der Waals surface area contributed by atoms with E-state index in [4.69, 9.17) is 10.5 Å². The predicted octanol–water partition coefficient (Wildman–Crippen LogP) is 2.44. The minimum atomic E-state index is -0.637. The molecule has 1 fully saturated rings. The molecule has 10 heteroatoms. The molecule has 0 saturated carbocycles. The van der Waals surface area contributed by atoms with Gasteiger partial charge in [-0.1, -0.05) is 18.2 Å². The summed E-state index contributed by atoms with van der Waals surface area (Å²) in [5, 5.41) is 8.21. The van der Waals surface area contributed by atoms with Crippen molar-refractivity contribution in [2.45, 2.75) is 19.0 Å². The van der Waals surface area contributed by atoms with Gasteiger partial charge in [0, 0.05) is 30.4 Å². The van der Waals surface area contributed by atoms with E-state index < -0.39 is 17.8 Å². The third-order valence-electron chi connectivity index (χ3n) is 5.51. The third-order valence-corrected chi connectivity index (χ3v) is 5.51. The molecule has 180 valence electrons. The van der Waals surface area contributed by atoms with Crippen LogP contribution in [0.15, 0.2) is 60.9 Å². The molecule has 35 heavy (non-hydrogen) atoms. The van der Waals surface area contributed by atoms with Gasteiger partial charge < -0.3 is 21.1 Å². The molecule has 2 aromatic carbocycles. The van der Waals surface area contributed by atoms with Crippen LogP contribution in [0.3, 0.4) is 0 Å². The molecule has 2 amide bonds. The Labute approximate surface area is 200 Å². The molecule has 1 atom stereocenters. The number of ether oxygens (including phenoxy) is 1. The standard InChI is InChI=1S/C25H24FN5O4/c26-20-13-28-8-6-21(20)31-24(33)16-4-5-17(12-27)19(11-16)15-2-1-3-18(10-15)30-23(32)14-29-22-7-9-35-25(22)34/h1-6,8,10-11,13,22,29H,7,9,12,14,27H2,(H,30,32)(H,28,31,33)/t22-/m0/s1. The van der Waals surface area contributed by atoms with Crippen LogP contribution in [-0.2, 0) is 20.9 Å². The van der Waals surface area contributed by atoms with Crippen molar-refractivity contribution in [1.82, 2.24) is 10.3 Å². The lowest BCUT2D eigenvalue weighted by molar-refractivity contribution is -0.139. The summed E-state index contributed by atoms with van der Waals surface area (Å²) in [6, 6.07) is 13.0. The van der Waals surface area contributed by atoms with Crippen molar-refractivity contribution in [2.24, 2.45) is 5.73 Å². The number of halogens is 1. The van der Waals surface area contributed by atoms with E-state index in [1.165, 1.54) is 12.3 Å². The number of benzene rings is 2. The van der Waals surface area contributed by atoms with Gasteiger partial charge in [-0.25, -0.2) is 4.39 Å². The van der Waals surface area contributed by atoms with Gasteiger partial charge in [-0.15, -0.1) is 0 Å². The molecule has 3 aromatic rings. The van der Waals surface area contributed by atoms with Crippen molar-refractivity contribution in [3.05, 3.63) is 77.9 Å². The lowest BCUT2D eigenvalue weighted by Crippen LogP contribution is -2.38. The van der Waals surface area contributed by atoms with Crippen LogP contribution < -0.4 is 21.7 Å². The molecule has 4 rings (SSSR count). The number of nitrogens with zero attached hydrogens (tertiary/aromatic N) is 1. The summed E-state index contributed by atoms with van der Waals surface area (Å²) in [6.07, 6.45) is 2.94. The summed E-state index contributed by atoms with van der Waals surface area (Å²) < 4.78 is 18.8. The fraction of sp³-hybridized carbons (Fsp3) is 0.200. The Morgan fingerprint density at radius 1 is 1.14 bits per heavy atom. The van der Waals surface area contributed by atoms with Crippen molar-refractivity contribution >= 4 is 29.2 Å². The number of cyclic esters (lactones) is 1. The number of hydrogen-bond acceptors (Lipinski definition) is 7. The van der Waals surface area contributed by atoms with Crippen LogP contribution >= 0.6 is 0 Å². The first kappa shape index (κ1) is 24.0. The maximum atomic E-state index is 13.9. The molecular formula is C25H24FN5O4. The number of pyridine rings is 1. The summed E-state index contributed by atoms with van der Waals surface area (Å²) in [7, 11) is 0. The molecule has 9 nitrogen and oxygen atoms in total. The Kier molecular flexibility index (Phi) is 7.44. The van der Waals surface area contributed by atoms with E-state index in [-0.39, 0.29) is 30.7 Å². The Morgan fingerprint density at radius 2 is 2.00 bits per heavy atom. The highest BCUT2D eigenvalue weighted by atomic mass is 19.1. The number of aromatic nitrogens is 1. The number of nitrogens with one attached hydrogen (secondary N) is 3. The zero-order valence-corrected chi connectivity index (χ0v) is 18.7. The first-order valence-corrected chi connectivity index (χ1v) is 11.0. The lowest BCUT2D eigenvalue weighted by Gasteiger charge is -2.13. The molecule has 1 aliphatic rings. The van der Waals surface area contributed by atoms with Crippen molar-refractivity contribution in [3.63, 3.8) is 0 Å². The van der Waals surface area contributed by atoms with Crippen LogP contribution in [0, 0.1) is 5.82 Å². The SMILES string of the molecule is NCc1ccc(C(=O)Nc2ccncc2F)cc1-c1cccc(NC(=O)CN[C@H]2CCOC2=O)c1. The largest absolute Gasteiger partial charge is 0.464 e. The van der Waals surface area contributed by atoms with Gasteiger partial charge in [0.1, 0.15) is 6.04 Å². The van der Waals surface area contributed by atoms with Gasteiger partial charge in [0.2, 0.25) is 5.91 Å². The van der Waals surface area contributed by atoms with E-state index in [2.05, 4.69) is 20.9 Å². The fourth-order valence-corrected chi connectivity index (χ4v) is 3.70. The van der Waals surface area contributed by atoms with Crippen LogP contribution in [0.1, 0.15) is 22.3 Å². The lowest BCUT2D eigenvalue weighted by atomic mass is 9.96. The van der Waals surface area contributed by atoms with Crippen LogP contribution in [0.5, 0.6) is 0 Å². The molecule has 0 aliphatic carbocycles. The van der Waals surface area contributed by atoms with Crippen molar-refractivity contribution in [1.29, 1.82) is 0 Å². The molecule has 1 aliphatic heterocycles. The number of rotatable bonds is 8. The summed E-state index contributed by atoms with van der Waals surface area (Å²) in [5.74, 6) is -1.79. The number of carbonyl (C=O) groups is 3. The van der Waals surface area contributed by atoms with Gasteiger partial charge in [0.15, 0.2) is 5.82 Å². The van der Waals surface area contributed by atoms with Crippen LogP contribution in [0.4, 0.5) is 15.8 Å². The van der Waals surface area contributed by atoms with E-state index in [1.807, 2.05) is 6.07 Å². The van der Waals surface area contributed by atoms with E-state index in [0.717, 1.165) is 17.3 Å². The highest BCUT2D eigenvalue weighted by molar-refractivity contribution is 6.05. The van der Waals surface area contributed by atoms with Gasteiger partial charge in [-0.05, 0) is 47.0 Å². The van der Waals surface area contributed by atoms with E-state index in [1.54, 1.807) is 36.4 Å². The van der Waals surface area contributed by atoms with Gasteiger partial charge in [-0.2, -0.15) is 0 Å². The van der Waals surface area contributed by atoms with Gasteiger partial charge >= 0.3 is 5.97 Å². The molecule has 0 bridgehead atoms. The highest BCUT2D eigenvalue weighted by Gasteiger charge is 2.26. The number of esters is 1. The van der Waals surface area contributed by atoms with Crippen LogP contribution in [0.25, 0.3) is 11.1 Å². The summed E-state index contributed by atoms with van der Waals surface area (Å²) in [4.78, 5) is 40.3. The number of carbonyl (C=O) groups excluding carboxylic acids is 3. The number of anilines is 2. The molecule has 1 saturated heterocycles. The number of nitrogens with two attached hydrogens (primary N) is 1. The molecule has 0 radical (unpaired) electrons. The normalized spacial score (nSPS) is 14.9. The Morgan fingerprint density at radius 3 is 2.74 bits per heavy atom. The van der Waals surface area contributed by atoms with Crippen molar-refractivity contribution < 1.29 is 23.5 Å².